The van der Waals surface area contributed by atoms with Gasteiger partial charge in [0.1, 0.15) is 5.83 Å². The SMILES string of the molecule is FC1=C(Cl)[C]=CC[CH]1. The van der Waals surface area contributed by atoms with E-state index in [1.54, 1.807) is 6.08 Å². The van der Waals surface area contributed by atoms with Crippen LogP contribution < -0.4 is 0 Å². The average molecular weight is 131 g/mol. The van der Waals surface area contributed by atoms with E-state index in [0.29, 0.717) is 6.42 Å². The van der Waals surface area contributed by atoms with Crippen LogP contribution >= 0.6 is 11.6 Å². The van der Waals surface area contributed by atoms with Gasteiger partial charge < -0.3 is 0 Å². The Bertz CT molecular complexity index is 147. The fourth-order valence-corrected chi connectivity index (χ4v) is 0.624. The summed E-state index contributed by atoms with van der Waals surface area (Å²) >= 11 is 5.30. The molecule has 0 saturated heterocycles. The number of hydrogen-bond acceptors (Lipinski definition) is 0. The maximum absolute atomic E-state index is 12.2. The standard InChI is InChI=1S/C6H4ClF/c7-5-3-1-2-4-6(5)8/h1,4H,2H2. The molecule has 0 heterocycles. The van der Waals surface area contributed by atoms with E-state index in [0.717, 1.165) is 0 Å². The van der Waals surface area contributed by atoms with Gasteiger partial charge in [0.05, 0.1) is 5.03 Å². The van der Waals surface area contributed by atoms with E-state index in [-0.39, 0.29) is 10.9 Å². The Kier molecular flexibility index (Phi) is 1.69. The molecule has 8 heavy (non-hydrogen) atoms. The summed E-state index contributed by atoms with van der Waals surface area (Å²) in [6.07, 6.45) is 6.25. The Morgan fingerprint density at radius 3 is 2.88 bits per heavy atom. The largest absolute Gasteiger partial charge is 0.210 e. The molecule has 0 spiro atoms. The van der Waals surface area contributed by atoms with Gasteiger partial charge in [-0.25, -0.2) is 4.39 Å². The molecule has 0 N–H and O–H groups in total. The minimum absolute atomic E-state index is 0.0799. The highest BCUT2D eigenvalue weighted by molar-refractivity contribution is 6.31. The Labute approximate surface area is 52.6 Å². The van der Waals surface area contributed by atoms with Crippen molar-refractivity contribution in [3.8, 4) is 0 Å². The Morgan fingerprint density at radius 1 is 1.75 bits per heavy atom. The van der Waals surface area contributed by atoms with E-state index >= 15 is 0 Å². The molecule has 1 aliphatic rings. The highest BCUT2D eigenvalue weighted by Crippen LogP contribution is 2.20. The maximum atomic E-state index is 12.2. The van der Waals surface area contributed by atoms with Gasteiger partial charge >= 0.3 is 0 Å². The molecule has 0 amide bonds. The molecule has 1 aliphatic carbocycles. The molecule has 0 aromatic rings. The molecule has 0 unspecified atom stereocenters. The smallest absolute Gasteiger partial charge is 0.123 e. The molecule has 0 aliphatic heterocycles. The molecule has 0 fully saturated rings. The second-order valence-corrected chi connectivity index (χ2v) is 1.83. The summed E-state index contributed by atoms with van der Waals surface area (Å²) in [6, 6.07) is 0. The van der Waals surface area contributed by atoms with Crippen molar-refractivity contribution in [3.05, 3.63) is 29.4 Å². The van der Waals surface area contributed by atoms with Crippen molar-refractivity contribution in [1.29, 1.82) is 0 Å². The molecule has 0 saturated carbocycles. The van der Waals surface area contributed by atoms with Crippen LogP contribution in [-0.2, 0) is 0 Å². The third kappa shape index (κ3) is 1.10. The van der Waals surface area contributed by atoms with Gasteiger partial charge in [0.2, 0.25) is 0 Å². The molecule has 2 heteroatoms. The predicted octanol–water partition coefficient (Wildman–Crippen LogP) is 2.37. The first-order valence-corrected chi connectivity index (χ1v) is 2.65. The van der Waals surface area contributed by atoms with E-state index in [9.17, 15) is 4.39 Å². The van der Waals surface area contributed by atoms with Gasteiger partial charge in [-0.15, -0.1) is 0 Å². The minimum atomic E-state index is -0.367. The zero-order valence-electron chi connectivity index (χ0n) is 4.12. The van der Waals surface area contributed by atoms with E-state index in [4.69, 9.17) is 11.6 Å². The highest BCUT2D eigenvalue weighted by atomic mass is 35.5. The van der Waals surface area contributed by atoms with Crippen LogP contribution in [0.15, 0.2) is 16.9 Å². The summed E-state index contributed by atoms with van der Waals surface area (Å²) in [4.78, 5) is 0. The van der Waals surface area contributed by atoms with Gasteiger partial charge in [-0.1, -0.05) is 17.7 Å². The van der Waals surface area contributed by atoms with E-state index in [1.165, 1.54) is 6.42 Å². The molecule has 0 nitrogen and oxygen atoms in total. The second kappa shape index (κ2) is 2.31. The lowest BCUT2D eigenvalue weighted by Gasteiger charge is -1.98. The summed E-state index contributed by atoms with van der Waals surface area (Å²) in [7, 11) is 0. The van der Waals surface area contributed by atoms with E-state index in [2.05, 4.69) is 6.08 Å². The third-order valence-electron chi connectivity index (χ3n) is 0.853. The third-order valence-corrected chi connectivity index (χ3v) is 1.14. The van der Waals surface area contributed by atoms with Gasteiger partial charge in [-0.05, 0) is 6.42 Å². The van der Waals surface area contributed by atoms with Crippen LogP contribution in [0.3, 0.4) is 0 Å². The number of allylic oxidation sites excluding steroid dienone is 4. The first-order valence-electron chi connectivity index (χ1n) is 2.27. The molecular formula is C6H4ClF. The maximum Gasteiger partial charge on any atom is 0.123 e. The fraction of sp³-hybridized carbons (Fsp3) is 0.167. The van der Waals surface area contributed by atoms with Crippen LogP contribution in [0, 0.1) is 12.5 Å². The molecule has 0 atom stereocenters. The van der Waals surface area contributed by atoms with E-state index < -0.39 is 0 Å². The highest BCUT2D eigenvalue weighted by Gasteiger charge is 2.04. The Hall–Kier alpha value is -0.300. The Balaban J connectivity index is 2.76. The normalized spacial score (nSPS) is 19.8. The van der Waals surface area contributed by atoms with Gasteiger partial charge in [-0.3, -0.25) is 0 Å². The van der Waals surface area contributed by atoms with Gasteiger partial charge in [0.15, 0.2) is 0 Å². The lowest BCUT2D eigenvalue weighted by Crippen LogP contribution is -1.84. The quantitative estimate of drug-likeness (QED) is 0.472. The first kappa shape index (κ1) is 5.83. The van der Waals surface area contributed by atoms with Crippen LogP contribution in [0.1, 0.15) is 6.42 Å². The first-order chi connectivity index (χ1) is 3.80. The van der Waals surface area contributed by atoms with Crippen LogP contribution in [0.5, 0.6) is 0 Å². The summed E-state index contributed by atoms with van der Waals surface area (Å²) in [5.74, 6) is -0.367. The molecule has 0 aromatic carbocycles. The topological polar surface area (TPSA) is 0 Å². The molecule has 42 valence electrons. The van der Waals surface area contributed by atoms with Gasteiger partial charge in [-0.2, -0.15) is 0 Å². The van der Waals surface area contributed by atoms with Gasteiger partial charge in [0, 0.05) is 12.5 Å². The zero-order chi connectivity index (χ0) is 5.98. The van der Waals surface area contributed by atoms with Crippen molar-refractivity contribution in [2.45, 2.75) is 6.42 Å². The van der Waals surface area contributed by atoms with Crippen molar-refractivity contribution in [2.75, 3.05) is 0 Å². The fourth-order valence-electron chi connectivity index (χ4n) is 0.469. The summed E-state index contributed by atoms with van der Waals surface area (Å²) < 4.78 is 12.2. The van der Waals surface area contributed by atoms with E-state index in [1.807, 2.05) is 0 Å². The number of halogens is 2. The number of rotatable bonds is 0. The minimum Gasteiger partial charge on any atom is -0.210 e. The predicted molar refractivity (Wildman–Crippen MR) is 30.7 cm³/mol. The lowest BCUT2D eigenvalue weighted by molar-refractivity contribution is 0.636. The van der Waals surface area contributed by atoms with Crippen LogP contribution in [0.25, 0.3) is 0 Å². The molecule has 1 rings (SSSR count). The zero-order valence-corrected chi connectivity index (χ0v) is 4.87. The Morgan fingerprint density at radius 2 is 2.50 bits per heavy atom. The van der Waals surface area contributed by atoms with Crippen LogP contribution in [0.2, 0.25) is 0 Å². The molecule has 2 radical (unpaired) electrons. The van der Waals surface area contributed by atoms with Crippen molar-refractivity contribution >= 4 is 11.6 Å². The van der Waals surface area contributed by atoms with Gasteiger partial charge in [0.25, 0.3) is 0 Å². The average Bonchev–Trinajstić information content (AvgIpc) is 1.77. The van der Waals surface area contributed by atoms with Crippen molar-refractivity contribution in [2.24, 2.45) is 0 Å². The lowest BCUT2D eigenvalue weighted by atomic mass is 10.2. The summed E-state index contributed by atoms with van der Waals surface area (Å²) in [6.45, 7) is 0. The van der Waals surface area contributed by atoms with Crippen LogP contribution in [-0.4, -0.2) is 0 Å². The second-order valence-electron chi connectivity index (χ2n) is 1.45. The van der Waals surface area contributed by atoms with Crippen molar-refractivity contribution in [1.82, 2.24) is 0 Å². The van der Waals surface area contributed by atoms with Crippen molar-refractivity contribution in [3.63, 3.8) is 0 Å². The molecule has 0 aromatic heterocycles. The molecular weight excluding hydrogens is 127 g/mol. The summed E-state index contributed by atoms with van der Waals surface area (Å²) in [5, 5.41) is 0.0799. The van der Waals surface area contributed by atoms with Crippen LogP contribution in [0.4, 0.5) is 4.39 Å². The monoisotopic (exact) mass is 130 g/mol. The van der Waals surface area contributed by atoms with Crippen molar-refractivity contribution < 1.29 is 4.39 Å². The number of hydrogen-bond donors (Lipinski definition) is 0. The summed E-state index contributed by atoms with van der Waals surface area (Å²) in [5.41, 5.74) is 0. The molecule has 0 bridgehead atoms.